The minimum absolute atomic E-state index is 0. The smallest absolute Gasteiger partial charge is 0.240 e. The second kappa shape index (κ2) is 6.33. The second-order valence-electron chi connectivity index (χ2n) is 4.64. The molecule has 1 aromatic heterocycles. The van der Waals surface area contributed by atoms with Crippen molar-refractivity contribution in [1.29, 1.82) is 0 Å². The number of likely N-dealkylation sites (tertiary alicyclic amines) is 1. The van der Waals surface area contributed by atoms with Gasteiger partial charge in [0.25, 0.3) is 0 Å². The lowest BCUT2D eigenvalue weighted by Crippen LogP contribution is -2.28. The summed E-state index contributed by atoms with van der Waals surface area (Å²) in [7, 11) is 0. The number of aromatic nitrogens is 2. The summed E-state index contributed by atoms with van der Waals surface area (Å²) in [5.74, 6) is 2.05. The summed E-state index contributed by atoms with van der Waals surface area (Å²) in [5, 5.41) is 3.94. The highest BCUT2D eigenvalue weighted by molar-refractivity contribution is 5.85. The number of nitrogens with zero attached hydrogens (tertiary/aromatic N) is 3. The van der Waals surface area contributed by atoms with Crippen LogP contribution in [0.1, 0.15) is 38.4 Å². The van der Waals surface area contributed by atoms with Crippen LogP contribution in [0.25, 0.3) is 0 Å². The molecule has 2 rings (SSSR count). The minimum atomic E-state index is 0. The molecule has 1 fully saturated rings. The Labute approximate surface area is 108 Å². The molecular formula is C11H21ClN4O. The molecule has 2 heterocycles. The van der Waals surface area contributed by atoms with E-state index in [-0.39, 0.29) is 12.4 Å². The largest absolute Gasteiger partial charge is 0.338 e. The van der Waals surface area contributed by atoms with Crippen LogP contribution in [-0.4, -0.2) is 27.6 Å². The van der Waals surface area contributed by atoms with Gasteiger partial charge in [-0.1, -0.05) is 19.0 Å². The Morgan fingerprint density at radius 3 is 2.88 bits per heavy atom. The maximum atomic E-state index is 5.44. The van der Waals surface area contributed by atoms with Gasteiger partial charge in [0.2, 0.25) is 5.89 Å². The lowest BCUT2D eigenvalue weighted by molar-refractivity contribution is 0.228. The topological polar surface area (TPSA) is 68.2 Å². The third kappa shape index (κ3) is 3.40. The predicted molar refractivity (Wildman–Crippen MR) is 67.7 cm³/mol. The van der Waals surface area contributed by atoms with Gasteiger partial charge in [0.05, 0.1) is 13.1 Å². The van der Waals surface area contributed by atoms with Crippen molar-refractivity contribution in [2.75, 3.05) is 6.54 Å². The SMILES string of the molecule is CCC1CC(C)CN1Cc1noc(CN)n1.Cl. The summed E-state index contributed by atoms with van der Waals surface area (Å²) in [6, 6.07) is 0.662. The maximum Gasteiger partial charge on any atom is 0.240 e. The van der Waals surface area contributed by atoms with Gasteiger partial charge in [-0.15, -0.1) is 12.4 Å². The van der Waals surface area contributed by atoms with Gasteiger partial charge in [0.1, 0.15) is 0 Å². The molecule has 1 aromatic rings. The Bertz CT molecular complexity index is 344. The average Bonchev–Trinajstić information content (AvgIpc) is 2.85. The molecule has 0 amide bonds. The first-order valence-corrected chi connectivity index (χ1v) is 5.98. The Morgan fingerprint density at radius 1 is 1.53 bits per heavy atom. The van der Waals surface area contributed by atoms with Crippen molar-refractivity contribution in [2.45, 2.75) is 45.8 Å². The highest BCUT2D eigenvalue weighted by atomic mass is 35.5. The van der Waals surface area contributed by atoms with Crippen LogP contribution >= 0.6 is 12.4 Å². The van der Waals surface area contributed by atoms with Crippen molar-refractivity contribution >= 4 is 12.4 Å². The molecule has 6 heteroatoms. The highest BCUT2D eigenvalue weighted by Gasteiger charge is 2.29. The van der Waals surface area contributed by atoms with Gasteiger partial charge in [-0.05, 0) is 18.8 Å². The first-order valence-electron chi connectivity index (χ1n) is 5.98. The van der Waals surface area contributed by atoms with E-state index in [0.717, 1.165) is 24.8 Å². The van der Waals surface area contributed by atoms with Crippen molar-refractivity contribution in [3.05, 3.63) is 11.7 Å². The third-order valence-electron chi connectivity index (χ3n) is 3.24. The van der Waals surface area contributed by atoms with Crippen molar-refractivity contribution in [3.63, 3.8) is 0 Å². The molecule has 0 aliphatic carbocycles. The van der Waals surface area contributed by atoms with Crippen molar-refractivity contribution in [3.8, 4) is 0 Å². The first-order chi connectivity index (χ1) is 7.72. The first kappa shape index (κ1) is 14.4. The lowest BCUT2D eigenvalue weighted by Gasteiger charge is -2.21. The van der Waals surface area contributed by atoms with Gasteiger partial charge in [-0.2, -0.15) is 4.98 Å². The van der Waals surface area contributed by atoms with E-state index in [2.05, 4.69) is 28.9 Å². The normalized spacial score (nSPS) is 24.9. The number of halogens is 1. The summed E-state index contributed by atoms with van der Waals surface area (Å²) in [4.78, 5) is 6.68. The molecule has 1 aliphatic rings. The van der Waals surface area contributed by atoms with Gasteiger partial charge in [0, 0.05) is 12.6 Å². The Hall–Kier alpha value is -0.650. The maximum absolute atomic E-state index is 5.44. The van der Waals surface area contributed by atoms with E-state index in [1.165, 1.54) is 12.8 Å². The molecule has 1 aliphatic heterocycles. The van der Waals surface area contributed by atoms with E-state index >= 15 is 0 Å². The summed E-state index contributed by atoms with van der Waals surface area (Å²) in [6.45, 7) is 6.76. The zero-order valence-corrected chi connectivity index (χ0v) is 11.2. The van der Waals surface area contributed by atoms with Crippen LogP contribution in [0, 0.1) is 5.92 Å². The number of rotatable bonds is 4. The van der Waals surface area contributed by atoms with Crippen LogP contribution in [0.15, 0.2) is 4.52 Å². The van der Waals surface area contributed by atoms with Gasteiger partial charge in [0.15, 0.2) is 5.82 Å². The summed E-state index contributed by atoms with van der Waals surface area (Å²) in [6.07, 6.45) is 2.46. The van der Waals surface area contributed by atoms with E-state index in [1.807, 2.05) is 0 Å². The fourth-order valence-electron chi connectivity index (χ4n) is 2.47. The molecular weight excluding hydrogens is 240 g/mol. The Kier molecular flexibility index (Phi) is 5.36. The summed E-state index contributed by atoms with van der Waals surface area (Å²) < 4.78 is 5.01. The molecule has 17 heavy (non-hydrogen) atoms. The molecule has 0 radical (unpaired) electrons. The third-order valence-corrected chi connectivity index (χ3v) is 3.24. The zero-order chi connectivity index (χ0) is 11.5. The van der Waals surface area contributed by atoms with Crippen LogP contribution in [0.5, 0.6) is 0 Å². The number of nitrogens with two attached hydrogens (primary N) is 1. The van der Waals surface area contributed by atoms with Crippen LogP contribution in [0.3, 0.4) is 0 Å². The van der Waals surface area contributed by atoms with Gasteiger partial charge >= 0.3 is 0 Å². The fourth-order valence-corrected chi connectivity index (χ4v) is 2.47. The zero-order valence-electron chi connectivity index (χ0n) is 10.4. The van der Waals surface area contributed by atoms with E-state index in [4.69, 9.17) is 10.3 Å². The van der Waals surface area contributed by atoms with Crippen molar-refractivity contribution < 1.29 is 4.52 Å². The monoisotopic (exact) mass is 260 g/mol. The van der Waals surface area contributed by atoms with Crippen LogP contribution < -0.4 is 5.73 Å². The summed E-state index contributed by atoms with van der Waals surface area (Å²) in [5.41, 5.74) is 5.44. The van der Waals surface area contributed by atoms with E-state index in [9.17, 15) is 0 Å². The Morgan fingerprint density at radius 2 is 2.29 bits per heavy atom. The average molecular weight is 261 g/mol. The standard InChI is InChI=1S/C11H20N4O.ClH/c1-3-9-4-8(2)6-15(9)7-10-13-11(5-12)16-14-10;/h8-9H,3-7,12H2,1-2H3;1H. The van der Waals surface area contributed by atoms with E-state index in [1.54, 1.807) is 0 Å². The van der Waals surface area contributed by atoms with Gasteiger partial charge in [-0.25, -0.2) is 0 Å². The molecule has 1 saturated heterocycles. The van der Waals surface area contributed by atoms with Gasteiger partial charge < -0.3 is 10.3 Å². The lowest BCUT2D eigenvalue weighted by atomic mass is 10.1. The quantitative estimate of drug-likeness (QED) is 0.890. The van der Waals surface area contributed by atoms with Crippen molar-refractivity contribution in [1.82, 2.24) is 15.0 Å². The molecule has 0 saturated carbocycles. The summed E-state index contributed by atoms with van der Waals surface area (Å²) >= 11 is 0. The molecule has 0 spiro atoms. The van der Waals surface area contributed by atoms with E-state index in [0.29, 0.717) is 18.5 Å². The van der Waals surface area contributed by atoms with E-state index < -0.39 is 0 Å². The number of hydrogen-bond acceptors (Lipinski definition) is 5. The number of hydrogen-bond donors (Lipinski definition) is 1. The Balaban J connectivity index is 0.00000144. The van der Waals surface area contributed by atoms with Crippen molar-refractivity contribution in [2.24, 2.45) is 11.7 Å². The second-order valence-corrected chi connectivity index (χ2v) is 4.64. The van der Waals surface area contributed by atoms with Gasteiger partial charge in [-0.3, -0.25) is 4.90 Å². The molecule has 2 unspecified atom stereocenters. The highest BCUT2D eigenvalue weighted by Crippen LogP contribution is 2.25. The van der Waals surface area contributed by atoms with Crippen LogP contribution in [-0.2, 0) is 13.1 Å². The fraction of sp³-hybridized carbons (Fsp3) is 0.818. The van der Waals surface area contributed by atoms with Crippen LogP contribution in [0.4, 0.5) is 0 Å². The molecule has 0 aromatic carbocycles. The molecule has 98 valence electrons. The molecule has 2 atom stereocenters. The molecule has 2 N–H and O–H groups in total. The van der Waals surface area contributed by atoms with Crippen LogP contribution in [0.2, 0.25) is 0 Å². The molecule has 5 nitrogen and oxygen atoms in total. The predicted octanol–water partition coefficient (Wildman–Crippen LogP) is 1.57. The minimum Gasteiger partial charge on any atom is -0.338 e. The molecule has 0 bridgehead atoms.